The zero-order chi connectivity index (χ0) is 22.0. The maximum Gasteiger partial charge on any atom is 0.227 e. The lowest BCUT2D eigenvalue weighted by molar-refractivity contribution is -0.120. The molecule has 1 fully saturated rings. The zero-order valence-corrected chi connectivity index (χ0v) is 18.9. The van der Waals surface area contributed by atoms with E-state index >= 15 is 0 Å². The van der Waals surface area contributed by atoms with Crippen molar-refractivity contribution in [2.24, 2.45) is 5.92 Å². The third kappa shape index (κ3) is 4.88. The maximum absolute atomic E-state index is 12.9. The van der Waals surface area contributed by atoms with Crippen LogP contribution < -0.4 is 10.2 Å². The summed E-state index contributed by atoms with van der Waals surface area (Å²) in [5.74, 6) is 0.971. The largest absolute Gasteiger partial charge is 0.355 e. The molecule has 0 bridgehead atoms. The molecule has 1 N–H and O–H groups in total. The first-order chi connectivity index (χ1) is 14.9. The summed E-state index contributed by atoms with van der Waals surface area (Å²) in [4.78, 5) is 15.1. The van der Waals surface area contributed by atoms with Gasteiger partial charge in [-0.3, -0.25) is 4.79 Å². The van der Waals surface area contributed by atoms with Gasteiger partial charge in [-0.15, -0.1) is 10.2 Å². The van der Waals surface area contributed by atoms with E-state index in [0.717, 1.165) is 59.8 Å². The van der Waals surface area contributed by atoms with E-state index < -0.39 is 0 Å². The highest BCUT2D eigenvalue weighted by Crippen LogP contribution is 2.27. The lowest BCUT2D eigenvalue weighted by Crippen LogP contribution is -2.38. The Kier molecular flexibility index (Phi) is 6.23. The number of rotatable bonds is 4. The molecule has 160 valence electrons. The van der Waals surface area contributed by atoms with E-state index in [9.17, 15) is 4.79 Å². The fourth-order valence-corrected chi connectivity index (χ4v) is 4.37. The van der Waals surface area contributed by atoms with Crippen molar-refractivity contribution in [3.05, 3.63) is 70.2 Å². The van der Waals surface area contributed by atoms with E-state index in [1.807, 2.05) is 50.2 Å². The molecule has 0 spiro atoms. The van der Waals surface area contributed by atoms with Crippen LogP contribution in [0.3, 0.4) is 0 Å². The minimum absolute atomic E-state index is 0.0117. The van der Waals surface area contributed by atoms with E-state index in [2.05, 4.69) is 39.5 Å². The maximum atomic E-state index is 12.9. The van der Waals surface area contributed by atoms with E-state index in [4.69, 9.17) is 11.6 Å². The Hall–Kier alpha value is -2.92. The number of carbonyl (C=O) groups is 1. The molecule has 2 aromatic carbocycles. The van der Waals surface area contributed by atoms with Gasteiger partial charge < -0.3 is 10.2 Å². The van der Waals surface area contributed by atoms with Gasteiger partial charge in [-0.25, -0.2) is 0 Å². The molecule has 2 heterocycles. The predicted molar refractivity (Wildman–Crippen MR) is 127 cm³/mol. The van der Waals surface area contributed by atoms with Crippen LogP contribution >= 0.6 is 11.6 Å². The normalized spacial score (nSPS) is 14.5. The summed E-state index contributed by atoms with van der Waals surface area (Å²) < 4.78 is 0. The molecule has 1 amide bonds. The molecule has 6 heteroatoms. The number of piperidine rings is 1. The van der Waals surface area contributed by atoms with Crippen molar-refractivity contribution in [3.63, 3.8) is 0 Å². The number of amides is 1. The molecule has 4 rings (SSSR count). The van der Waals surface area contributed by atoms with Crippen LogP contribution in [0.25, 0.3) is 11.3 Å². The second-order valence-corrected chi connectivity index (χ2v) is 8.74. The van der Waals surface area contributed by atoms with Crippen LogP contribution in [0.2, 0.25) is 5.02 Å². The van der Waals surface area contributed by atoms with E-state index in [1.165, 1.54) is 5.56 Å². The molecule has 1 saturated heterocycles. The van der Waals surface area contributed by atoms with Crippen molar-refractivity contribution in [1.82, 2.24) is 10.2 Å². The first-order valence-corrected chi connectivity index (χ1v) is 11.0. The minimum Gasteiger partial charge on any atom is -0.355 e. The van der Waals surface area contributed by atoms with Crippen molar-refractivity contribution < 1.29 is 4.79 Å². The average molecular weight is 435 g/mol. The van der Waals surface area contributed by atoms with Gasteiger partial charge in [0.2, 0.25) is 5.91 Å². The van der Waals surface area contributed by atoms with Crippen LogP contribution in [0, 0.1) is 26.7 Å². The predicted octanol–water partition coefficient (Wildman–Crippen LogP) is 5.58. The third-order valence-corrected chi connectivity index (χ3v) is 6.16. The lowest BCUT2D eigenvalue weighted by atomic mass is 9.95. The van der Waals surface area contributed by atoms with E-state index in [1.54, 1.807) is 0 Å². The summed E-state index contributed by atoms with van der Waals surface area (Å²) in [5, 5.41) is 12.7. The molecule has 5 nitrogen and oxygen atoms in total. The monoisotopic (exact) mass is 434 g/mol. The Morgan fingerprint density at radius 2 is 1.61 bits per heavy atom. The smallest absolute Gasteiger partial charge is 0.227 e. The standard InChI is InChI=1S/C25H27ClN4O/c1-16-14-17(2)24(18(3)15-16)27-25(31)20-10-12-30(13-11-20)23-9-8-22(28-29-23)19-4-6-21(26)7-5-19/h4-9,14-15,20H,10-13H2,1-3H3,(H,27,31). The van der Waals surface area contributed by atoms with Gasteiger partial charge in [-0.1, -0.05) is 41.4 Å². The molecule has 1 aromatic heterocycles. The highest BCUT2D eigenvalue weighted by atomic mass is 35.5. The zero-order valence-electron chi connectivity index (χ0n) is 18.2. The SMILES string of the molecule is Cc1cc(C)c(NC(=O)C2CCN(c3ccc(-c4ccc(Cl)cc4)nn3)CC2)c(C)c1. The Labute approximate surface area is 188 Å². The molecule has 0 atom stereocenters. The second kappa shape index (κ2) is 9.06. The van der Waals surface area contributed by atoms with Crippen LogP contribution in [0.5, 0.6) is 0 Å². The number of hydrogen-bond donors (Lipinski definition) is 1. The topological polar surface area (TPSA) is 58.1 Å². The summed E-state index contributed by atoms with van der Waals surface area (Å²) in [7, 11) is 0. The molecule has 31 heavy (non-hydrogen) atoms. The minimum atomic E-state index is 0.0117. The molecule has 0 radical (unpaired) electrons. The van der Waals surface area contributed by atoms with Crippen molar-refractivity contribution in [1.29, 1.82) is 0 Å². The number of nitrogens with zero attached hydrogens (tertiary/aromatic N) is 3. The lowest BCUT2D eigenvalue weighted by Gasteiger charge is -2.32. The van der Waals surface area contributed by atoms with Gasteiger partial charge in [0, 0.05) is 35.3 Å². The van der Waals surface area contributed by atoms with Gasteiger partial charge in [0.25, 0.3) is 0 Å². The number of halogens is 1. The number of aromatic nitrogens is 2. The summed E-state index contributed by atoms with van der Waals surface area (Å²) in [6.07, 6.45) is 1.60. The van der Waals surface area contributed by atoms with Gasteiger partial charge in [0.1, 0.15) is 0 Å². The number of hydrogen-bond acceptors (Lipinski definition) is 4. The Morgan fingerprint density at radius 1 is 0.968 bits per heavy atom. The first-order valence-electron chi connectivity index (χ1n) is 10.6. The van der Waals surface area contributed by atoms with Crippen LogP contribution in [0.15, 0.2) is 48.5 Å². The second-order valence-electron chi connectivity index (χ2n) is 8.31. The highest BCUT2D eigenvalue weighted by molar-refractivity contribution is 6.30. The van der Waals surface area contributed by atoms with Gasteiger partial charge in [-0.05, 0) is 69.0 Å². The number of anilines is 2. The molecule has 0 aliphatic carbocycles. The van der Waals surface area contributed by atoms with Gasteiger partial charge >= 0.3 is 0 Å². The summed E-state index contributed by atoms with van der Waals surface area (Å²) >= 11 is 5.96. The molecular formula is C25H27ClN4O. The molecule has 1 aliphatic rings. The number of benzene rings is 2. The van der Waals surface area contributed by atoms with Crippen molar-refractivity contribution in [3.8, 4) is 11.3 Å². The average Bonchev–Trinajstić information content (AvgIpc) is 2.77. The van der Waals surface area contributed by atoms with Crippen molar-refractivity contribution in [2.45, 2.75) is 33.6 Å². The molecular weight excluding hydrogens is 408 g/mol. The third-order valence-electron chi connectivity index (χ3n) is 5.91. The van der Waals surface area contributed by atoms with E-state index in [-0.39, 0.29) is 11.8 Å². The van der Waals surface area contributed by atoms with Crippen LogP contribution in [-0.4, -0.2) is 29.2 Å². The molecule has 0 saturated carbocycles. The van der Waals surface area contributed by atoms with E-state index in [0.29, 0.717) is 5.02 Å². The Balaban J connectivity index is 1.36. The quantitative estimate of drug-likeness (QED) is 0.582. The summed E-state index contributed by atoms with van der Waals surface area (Å²) in [6.45, 7) is 7.75. The van der Waals surface area contributed by atoms with Crippen molar-refractivity contribution >= 4 is 29.0 Å². The highest BCUT2D eigenvalue weighted by Gasteiger charge is 2.26. The summed E-state index contributed by atoms with van der Waals surface area (Å²) in [5.41, 5.74) is 6.18. The molecule has 1 aliphatic heterocycles. The number of nitrogens with one attached hydrogen (secondary N) is 1. The van der Waals surface area contributed by atoms with Crippen LogP contribution in [-0.2, 0) is 4.79 Å². The van der Waals surface area contributed by atoms with Gasteiger partial charge in [0.05, 0.1) is 5.69 Å². The first kappa shape index (κ1) is 21.3. The number of aryl methyl sites for hydroxylation is 3. The fourth-order valence-electron chi connectivity index (χ4n) is 4.24. The fraction of sp³-hybridized carbons (Fsp3) is 0.320. The Morgan fingerprint density at radius 3 is 2.19 bits per heavy atom. The molecule has 0 unspecified atom stereocenters. The van der Waals surface area contributed by atoms with Crippen LogP contribution in [0.1, 0.15) is 29.5 Å². The van der Waals surface area contributed by atoms with Gasteiger partial charge in [0.15, 0.2) is 5.82 Å². The number of carbonyl (C=O) groups excluding carboxylic acids is 1. The van der Waals surface area contributed by atoms with Crippen molar-refractivity contribution in [2.75, 3.05) is 23.3 Å². The van der Waals surface area contributed by atoms with Crippen LogP contribution in [0.4, 0.5) is 11.5 Å². The summed E-state index contributed by atoms with van der Waals surface area (Å²) in [6, 6.07) is 15.8. The molecule has 3 aromatic rings. The van der Waals surface area contributed by atoms with Gasteiger partial charge in [-0.2, -0.15) is 0 Å². The Bertz CT molecular complexity index is 1050.